The SMILES string of the molecule is NCCC#Cc1cc(C=O)cc(C=O)c1. The van der Waals surface area contributed by atoms with E-state index in [-0.39, 0.29) is 0 Å². The topological polar surface area (TPSA) is 60.2 Å². The summed E-state index contributed by atoms with van der Waals surface area (Å²) in [7, 11) is 0. The molecule has 0 atom stereocenters. The van der Waals surface area contributed by atoms with Crippen LogP contribution in [0.4, 0.5) is 0 Å². The zero-order valence-electron chi connectivity index (χ0n) is 8.19. The lowest BCUT2D eigenvalue weighted by molar-refractivity contribution is 0.112. The second-order valence-electron chi connectivity index (χ2n) is 2.96. The Hall–Kier alpha value is -1.92. The van der Waals surface area contributed by atoms with Crippen molar-refractivity contribution in [3.05, 3.63) is 34.9 Å². The summed E-state index contributed by atoms with van der Waals surface area (Å²) in [6.45, 7) is 0.501. The molecule has 15 heavy (non-hydrogen) atoms. The number of aldehydes is 2. The average Bonchev–Trinajstić information content (AvgIpc) is 2.29. The fraction of sp³-hybridized carbons (Fsp3) is 0.167. The molecule has 0 heterocycles. The van der Waals surface area contributed by atoms with Gasteiger partial charge in [0.25, 0.3) is 0 Å². The van der Waals surface area contributed by atoms with Gasteiger partial charge in [0.15, 0.2) is 0 Å². The molecule has 0 unspecified atom stereocenters. The number of hydrogen-bond donors (Lipinski definition) is 1. The first kappa shape index (κ1) is 11.2. The van der Waals surface area contributed by atoms with Crippen molar-refractivity contribution in [1.82, 2.24) is 0 Å². The summed E-state index contributed by atoms with van der Waals surface area (Å²) in [5.41, 5.74) is 6.86. The van der Waals surface area contributed by atoms with E-state index >= 15 is 0 Å². The molecule has 0 aliphatic rings. The lowest BCUT2D eigenvalue weighted by Crippen LogP contribution is -1.95. The zero-order chi connectivity index (χ0) is 11.1. The number of carbonyl (C=O) groups excluding carboxylic acids is 2. The molecule has 0 aliphatic carbocycles. The van der Waals surface area contributed by atoms with Gasteiger partial charge in [0.1, 0.15) is 12.6 Å². The maximum atomic E-state index is 10.6. The van der Waals surface area contributed by atoms with Crippen LogP contribution in [-0.2, 0) is 0 Å². The van der Waals surface area contributed by atoms with Crippen LogP contribution >= 0.6 is 0 Å². The molecule has 0 radical (unpaired) electrons. The predicted molar refractivity (Wildman–Crippen MR) is 57.8 cm³/mol. The van der Waals surface area contributed by atoms with Crippen LogP contribution in [-0.4, -0.2) is 19.1 Å². The summed E-state index contributed by atoms with van der Waals surface area (Å²) in [6.07, 6.45) is 1.99. The first-order valence-electron chi connectivity index (χ1n) is 4.54. The Morgan fingerprint density at radius 3 is 2.20 bits per heavy atom. The van der Waals surface area contributed by atoms with Crippen molar-refractivity contribution in [3.8, 4) is 11.8 Å². The zero-order valence-corrected chi connectivity index (χ0v) is 8.19. The largest absolute Gasteiger partial charge is 0.330 e. The van der Waals surface area contributed by atoms with E-state index in [0.29, 0.717) is 42.2 Å². The highest BCUT2D eigenvalue weighted by atomic mass is 16.1. The van der Waals surface area contributed by atoms with Crippen molar-refractivity contribution >= 4 is 12.6 Å². The monoisotopic (exact) mass is 201 g/mol. The third kappa shape index (κ3) is 3.37. The van der Waals surface area contributed by atoms with Gasteiger partial charge in [0.2, 0.25) is 0 Å². The molecule has 3 nitrogen and oxygen atoms in total. The van der Waals surface area contributed by atoms with Crippen molar-refractivity contribution in [2.24, 2.45) is 5.73 Å². The first-order valence-corrected chi connectivity index (χ1v) is 4.54. The van der Waals surface area contributed by atoms with Crippen LogP contribution in [0.5, 0.6) is 0 Å². The molecule has 0 bridgehead atoms. The summed E-state index contributed by atoms with van der Waals surface area (Å²) in [6, 6.07) is 4.81. The highest BCUT2D eigenvalue weighted by Gasteiger charge is 1.97. The smallest absolute Gasteiger partial charge is 0.150 e. The molecule has 1 aromatic carbocycles. The number of benzene rings is 1. The molecule has 0 aromatic heterocycles. The maximum Gasteiger partial charge on any atom is 0.150 e. The number of hydrogen-bond acceptors (Lipinski definition) is 3. The third-order valence-corrected chi connectivity index (χ3v) is 1.75. The van der Waals surface area contributed by atoms with Crippen LogP contribution in [0.1, 0.15) is 32.7 Å². The fourth-order valence-corrected chi connectivity index (χ4v) is 1.12. The Morgan fingerprint density at radius 2 is 1.73 bits per heavy atom. The van der Waals surface area contributed by atoms with Crippen molar-refractivity contribution < 1.29 is 9.59 Å². The van der Waals surface area contributed by atoms with Gasteiger partial charge in [-0.25, -0.2) is 0 Å². The summed E-state index contributed by atoms with van der Waals surface area (Å²) in [5.74, 6) is 5.69. The van der Waals surface area contributed by atoms with Gasteiger partial charge >= 0.3 is 0 Å². The second kappa shape index (κ2) is 5.74. The molecule has 1 rings (SSSR count). The molecular formula is C12H11NO2. The van der Waals surface area contributed by atoms with Crippen molar-refractivity contribution in [1.29, 1.82) is 0 Å². The van der Waals surface area contributed by atoms with Crippen LogP contribution in [0, 0.1) is 11.8 Å². The Balaban J connectivity index is 3.03. The van der Waals surface area contributed by atoms with Crippen LogP contribution in [0.15, 0.2) is 18.2 Å². The first-order chi connectivity index (χ1) is 7.30. The van der Waals surface area contributed by atoms with Crippen LogP contribution in [0.2, 0.25) is 0 Å². The standard InChI is InChI=1S/C12H11NO2/c13-4-2-1-3-10-5-11(8-14)7-12(6-10)9-15/h5-9H,2,4,13H2. The highest BCUT2D eigenvalue weighted by Crippen LogP contribution is 2.06. The number of carbonyl (C=O) groups is 2. The Morgan fingerprint density at radius 1 is 1.13 bits per heavy atom. The lowest BCUT2D eigenvalue weighted by Gasteiger charge is -1.95. The van der Waals surface area contributed by atoms with Crippen LogP contribution in [0.25, 0.3) is 0 Å². The highest BCUT2D eigenvalue weighted by molar-refractivity contribution is 5.83. The maximum absolute atomic E-state index is 10.6. The van der Waals surface area contributed by atoms with Gasteiger partial charge in [-0.1, -0.05) is 11.8 Å². The lowest BCUT2D eigenvalue weighted by atomic mass is 10.1. The van der Waals surface area contributed by atoms with E-state index in [9.17, 15) is 9.59 Å². The van der Waals surface area contributed by atoms with Gasteiger partial charge in [0, 0.05) is 29.7 Å². The third-order valence-electron chi connectivity index (χ3n) is 1.75. The molecule has 76 valence electrons. The van der Waals surface area contributed by atoms with Gasteiger partial charge in [-0.05, 0) is 18.2 Å². The van der Waals surface area contributed by atoms with E-state index in [4.69, 9.17) is 5.73 Å². The Kier molecular flexibility index (Phi) is 4.27. The second-order valence-corrected chi connectivity index (χ2v) is 2.96. The summed E-state index contributed by atoms with van der Waals surface area (Å²) < 4.78 is 0. The van der Waals surface area contributed by atoms with Gasteiger partial charge < -0.3 is 5.73 Å². The summed E-state index contributed by atoms with van der Waals surface area (Å²) in [4.78, 5) is 21.1. The Labute approximate surface area is 88.3 Å². The molecule has 0 saturated heterocycles. The van der Waals surface area contributed by atoms with E-state index in [1.165, 1.54) is 6.07 Å². The molecular weight excluding hydrogens is 190 g/mol. The molecule has 3 heteroatoms. The van der Waals surface area contributed by atoms with Gasteiger partial charge in [-0.3, -0.25) is 9.59 Å². The minimum absolute atomic E-state index is 0.455. The number of nitrogens with two attached hydrogens (primary N) is 1. The quantitative estimate of drug-likeness (QED) is 0.586. The van der Waals surface area contributed by atoms with E-state index in [0.717, 1.165) is 0 Å². The summed E-state index contributed by atoms with van der Waals surface area (Å²) in [5, 5.41) is 0. The Bertz CT molecular complexity index is 401. The van der Waals surface area contributed by atoms with E-state index < -0.39 is 0 Å². The molecule has 0 saturated carbocycles. The predicted octanol–water partition coefficient (Wildman–Crippen LogP) is 1.01. The van der Waals surface area contributed by atoms with Crippen molar-refractivity contribution in [2.45, 2.75) is 6.42 Å². The van der Waals surface area contributed by atoms with Crippen molar-refractivity contribution in [2.75, 3.05) is 6.54 Å². The van der Waals surface area contributed by atoms with Crippen molar-refractivity contribution in [3.63, 3.8) is 0 Å². The molecule has 1 aromatic rings. The minimum atomic E-state index is 0.455. The molecule has 0 amide bonds. The molecule has 0 aliphatic heterocycles. The average molecular weight is 201 g/mol. The van der Waals surface area contributed by atoms with E-state index in [1.54, 1.807) is 12.1 Å². The molecule has 0 fully saturated rings. The molecule has 0 spiro atoms. The minimum Gasteiger partial charge on any atom is -0.330 e. The molecule has 2 N–H and O–H groups in total. The normalized spacial score (nSPS) is 8.87. The van der Waals surface area contributed by atoms with Gasteiger partial charge in [-0.2, -0.15) is 0 Å². The fourth-order valence-electron chi connectivity index (χ4n) is 1.12. The van der Waals surface area contributed by atoms with Crippen LogP contribution < -0.4 is 5.73 Å². The van der Waals surface area contributed by atoms with E-state index in [1.807, 2.05) is 0 Å². The van der Waals surface area contributed by atoms with E-state index in [2.05, 4.69) is 11.8 Å². The van der Waals surface area contributed by atoms with Crippen LogP contribution in [0.3, 0.4) is 0 Å². The van der Waals surface area contributed by atoms with Gasteiger partial charge in [-0.15, -0.1) is 0 Å². The van der Waals surface area contributed by atoms with Gasteiger partial charge in [0.05, 0.1) is 0 Å². The number of rotatable bonds is 3. The summed E-state index contributed by atoms with van der Waals surface area (Å²) >= 11 is 0.